The first-order valence-electron chi connectivity index (χ1n) is 7.05. The van der Waals surface area contributed by atoms with Crippen LogP contribution < -0.4 is 5.32 Å². The van der Waals surface area contributed by atoms with Crippen molar-refractivity contribution in [1.82, 2.24) is 20.2 Å². The maximum Gasteiger partial charge on any atom is 0.237 e. The average Bonchev–Trinajstić information content (AvgIpc) is 2.84. The topological polar surface area (TPSA) is 61.0 Å². The van der Waals surface area contributed by atoms with Gasteiger partial charge < -0.3 is 10.3 Å². The minimum absolute atomic E-state index is 0.0522. The number of benzene rings is 1. The van der Waals surface area contributed by atoms with Crippen LogP contribution in [-0.4, -0.2) is 47.5 Å². The second-order valence-electron chi connectivity index (χ2n) is 5.38. The largest absolute Gasteiger partial charge is 0.355 e. The molecule has 2 aromatic rings. The van der Waals surface area contributed by atoms with E-state index in [-0.39, 0.29) is 11.9 Å². The molecule has 0 saturated heterocycles. The van der Waals surface area contributed by atoms with Gasteiger partial charge in [0.2, 0.25) is 5.91 Å². The quantitative estimate of drug-likeness (QED) is 0.804. The molecular weight excluding hydrogens is 288 g/mol. The molecule has 0 aliphatic rings. The van der Waals surface area contributed by atoms with Crippen molar-refractivity contribution in [2.45, 2.75) is 25.8 Å². The standard InChI is InChI=1S/C15H21ClN4O/c1-10(20(2)3)15(21)17-8-4-5-14-18-12-7-6-11(16)9-13(12)19-14/h6-7,9-10H,4-5,8H2,1-3H3,(H,17,21)(H,18,19). The number of rotatable bonds is 6. The van der Waals surface area contributed by atoms with E-state index in [0.717, 1.165) is 29.7 Å². The van der Waals surface area contributed by atoms with Crippen LogP contribution in [0.1, 0.15) is 19.2 Å². The molecule has 0 aliphatic carbocycles. The minimum atomic E-state index is -0.113. The third-order valence-electron chi connectivity index (χ3n) is 3.54. The van der Waals surface area contributed by atoms with Gasteiger partial charge in [-0.3, -0.25) is 9.69 Å². The van der Waals surface area contributed by atoms with Crippen LogP contribution in [0.2, 0.25) is 5.02 Å². The fourth-order valence-electron chi connectivity index (χ4n) is 2.00. The van der Waals surface area contributed by atoms with E-state index in [4.69, 9.17) is 11.6 Å². The number of imidazole rings is 1. The van der Waals surface area contributed by atoms with E-state index >= 15 is 0 Å². The Hall–Kier alpha value is -1.59. The Balaban J connectivity index is 1.81. The first kappa shape index (κ1) is 15.8. The summed E-state index contributed by atoms with van der Waals surface area (Å²) in [5, 5.41) is 3.63. The zero-order chi connectivity index (χ0) is 15.4. The Morgan fingerprint density at radius 1 is 1.48 bits per heavy atom. The normalized spacial score (nSPS) is 12.8. The number of hydrogen-bond donors (Lipinski definition) is 2. The summed E-state index contributed by atoms with van der Waals surface area (Å²) in [4.78, 5) is 21.4. The molecule has 2 N–H and O–H groups in total. The highest BCUT2D eigenvalue weighted by Gasteiger charge is 2.13. The number of fused-ring (bicyclic) bond motifs is 1. The van der Waals surface area contributed by atoms with E-state index in [1.807, 2.05) is 44.1 Å². The summed E-state index contributed by atoms with van der Waals surface area (Å²) in [5.41, 5.74) is 1.86. The number of likely N-dealkylation sites (N-methyl/N-ethyl adjacent to an activating group) is 1. The molecule has 0 saturated carbocycles. The first-order chi connectivity index (χ1) is 9.97. The Kier molecular flexibility index (Phi) is 5.20. The minimum Gasteiger partial charge on any atom is -0.355 e. The zero-order valence-corrected chi connectivity index (χ0v) is 13.4. The molecule has 21 heavy (non-hydrogen) atoms. The molecule has 0 aliphatic heterocycles. The smallest absolute Gasteiger partial charge is 0.237 e. The fourth-order valence-corrected chi connectivity index (χ4v) is 2.17. The molecule has 5 nitrogen and oxygen atoms in total. The molecule has 0 fully saturated rings. The molecular formula is C15H21ClN4O. The Bertz CT molecular complexity index is 623. The van der Waals surface area contributed by atoms with Crippen molar-refractivity contribution >= 4 is 28.5 Å². The summed E-state index contributed by atoms with van der Waals surface area (Å²) in [6, 6.07) is 5.49. The molecule has 6 heteroatoms. The van der Waals surface area contributed by atoms with E-state index in [1.54, 1.807) is 0 Å². The van der Waals surface area contributed by atoms with E-state index in [0.29, 0.717) is 11.6 Å². The Labute approximate surface area is 129 Å². The van der Waals surface area contributed by atoms with Gasteiger partial charge in [0, 0.05) is 18.0 Å². The van der Waals surface area contributed by atoms with Crippen LogP contribution in [0, 0.1) is 0 Å². The lowest BCUT2D eigenvalue weighted by Crippen LogP contribution is -2.41. The number of aryl methyl sites for hydroxylation is 1. The van der Waals surface area contributed by atoms with E-state index < -0.39 is 0 Å². The van der Waals surface area contributed by atoms with Crippen LogP contribution in [-0.2, 0) is 11.2 Å². The van der Waals surface area contributed by atoms with Gasteiger partial charge in [-0.05, 0) is 45.6 Å². The molecule has 1 amide bonds. The van der Waals surface area contributed by atoms with Crippen molar-refractivity contribution in [3.63, 3.8) is 0 Å². The van der Waals surface area contributed by atoms with Crippen molar-refractivity contribution in [3.8, 4) is 0 Å². The van der Waals surface area contributed by atoms with Crippen molar-refractivity contribution in [1.29, 1.82) is 0 Å². The number of H-pyrrole nitrogens is 1. The van der Waals surface area contributed by atoms with Gasteiger partial charge in [-0.25, -0.2) is 4.98 Å². The Morgan fingerprint density at radius 3 is 2.95 bits per heavy atom. The molecule has 1 aromatic heterocycles. The lowest BCUT2D eigenvalue weighted by molar-refractivity contribution is -0.124. The highest BCUT2D eigenvalue weighted by Crippen LogP contribution is 2.17. The molecule has 1 atom stereocenters. The van der Waals surface area contributed by atoms with Crippen LogP contribution in [0.5, 0.6) is 0 Å². The maximum absolute atomic E-state index is 11.8. The third kappa shape index (κ3) is 4.19. The SMILES string of the molecule is CC(C(=O)NCCCc1nc2ccc(Cl)cc2[nH]1)N(C)C. The van der Waals surface area contributed by atoms with E-state index in [2.05, 4.69) is 15.3 Å². The summed E-state index contributed by atoms with van der Waals surface area (Å²) in [5.74, 6) is 0.971. The first-order valence-corrected chi connectivity index (χ1v) is 7.43. The molecule has 0 bridgehead atoms. The lowest BCUT2D eigenvalue weighted by atomic mass is 10.2. The number of carbonyl (C=O) groups is 1. The summed E-state index contributed by atoms with van der Waals surface area (Å²) >= 11 is 5.95. The predicted octanol–water partition coefficient (Wildman–Crippen LogP) is 2.22. The van der Waals surface area contributed by atoms with Crippen molar-refractivity contribution in [3.05, 3.63) is 29.0 Å². The van der Waals surface area contributed by atoms with Crippen LogP contribution in [0.25, 0.3) is 11.0 Å². The van der Waals surface area contributed by atoms with E-state index in [9.17, 15) is 4.79 Å². The Morgan fingerprint density at radius 2 is 2.24 bits per heavy atom. The average molecular weight is 309 g/mol. The van der Waals surface area contributed by atoms with Gasteiger partial charge in [-0.1, -0.05) is 11.6 Å². The van der Waals surface area contributed by atoms with Gasteiger partial charge in [0.15, 0.2) is 0 Å². The third-order valence-corrected chi connectivity index (χ3v) is 3.77. The van der Waals surface area contributed by atoms with Crippen LogP contribution in [0.15, 0.2) is 18.2 Å². The number of halogens is 1. The lowest BCUT2D eigenvalue weighted by Gasteiger charge is -2.18. The van der Waals surface area contributed by atoms with Gasteiger partial charge >= 0.3 is 0 Å². The molecule has 0 radical (unpaired) electrons. The highest BCUT2D eigenvalue weighted by molar-refractivity contribution is 6.31. The number of carbonyl (C=O) groups excluding carboxylic acids is 1. The molecule has 2 rings (SSSR count). The number of amides is 1. The molecule has 0 spiro atoms. The second kappa shape index (κ2) is 6.91. The van der Waals surface area contributed by atoms with Gasteiger partial charge in [0.1, 0.15) is 5.82 Å². The number of nitrogens with zero attached hydrogens (tertiary/aromatic N) is 2. The number of aromatic nitrogens is 2. The van der Waals surface area contributed by atoms with Gasteiger partial charge in [0.25, 0.3) is 0 Å². The number of nitrogens with one attached hydrogen (secondary N) is 2. The van der Waals surface area contributed by atoms with Crippen LogP contribution >= 0.6 is 11.6 Å². The molecule has 1 unspecified atom stereocenters. The highest BCUT2D eigenvalue weighted by atomic mass is 35.5. The number of aromatic amines is 1. The van der Waals surface area contributed by atoms with Crippen LogP contribution in [0.3, 0.4) is 0 Å². The maximum atomic E-state index is 11.8. The summed E-state index contributed by atoms with van der Waals surface area (Å²) in [7, 11) is 3.79. The van der Waals surface area contributed by atoms with Gasteiger partial charge in [-0.15, -0.1) is 0 Å². The van der Waals surface area contributed by atoms with E-state index in [1.165, 1.54) is 0 Å². The molecule has 114 valence electrons. The fraction of sp³-hybridized carbons (Fsp3) is 0.467. The van der Waals surface area contributed by atoms with Crippen LogP contribution in [0.4, 0.5) is 0 Å². The summed E-state index contributed by atoms with van der Waals surface area (Å²) in [6.45, 7) is 2.53. The monoisotopic (exact) mass is 308 g/mol. The molecule has 1 heterocycles. The van der Waals surface area contributed by atoms with Crippen molar-refractivity contribution in [2.75, 3.05) is 20.6 Å². The molecule has 1 aromatic carbocycles. The van der Waals surface area contributed by atoms with Crippen molar-refractivity contribution < 1.29 is 4.79 Å². The second-order valence-corrected chi connectivity index (χ2v) is 5.82. The van der Waals surface area contributed by atoms with Crippen molar-refractivity contribution in [2.24, 2.45) is 0 Å². The zero-order valence-electron chi connectivity index (χ0n) is 12.6. The summed E-state index contributed by atoms with van der Waals surface area (Å²) in [6.07, 6.45) is 1.64. The predicted molar refractivity (Wildman–Crippen MR) is 85.6 cm³/mol. The van der Waals surface area contributed by atoms with Gasteiger partial charge in [-0.2, -0.15) is 0 Å². The van der Waals surface area contributed by atoms with Gasteiger partial charge in [0.05, 0.1) is 17.1 Å². The summed E-state index contributed by atoms with van der Waals surface area (Å²) < 4.78 is 0. The number of hydrogen-bond acceptors (Lipinski definition) is 3.